The number of hydrogen-bond donors (Lipinski definition) is 0. The highest BCUT2D eigenvalue weighted by Crippen LogP contribution is 2.43. The Kier molecular flexibility index (Phi) is 8.16. The third kappa shape index (κ3) is 5.50. The second kappa shape index (κ2) is 11.1. The average Bonchev–Trinajstić information content (AvgIpc) is 3.66. The molecule has 0 spiro atoms. The Morgan fingerprint density at radius 2 is 1.94 bits per heavy atom. The monoisotopic (exact) mass is 434 g/mol. The molecule has 1 aromatic rings. The van der Waals surface area contributed by atoms with Crippen molar-refractivity contribution >= 4 is 5.70 Å². The van der Waals surface area contributed by atoms with E-state index in [2.05, 4.69) is 67.8 Å². The molecule has 3 aliphatic heterocycles. The number of hydrogen-bond acceptors (Lipinski definition) is 2. The van der Waals surface area contributed by atoms with Crippen molar-refractivity contribution in [1.82, 2.24) is 9.80 Å². The lowest BCUT2D eigenvalue weighted by atomic mass is 9.82. The second-order valence-electron chi connectivity index (χ2n) is 10.6. The van der Waals surface area contributed by atoms with Gasteiger partial charge in [-0.2, -0.15) is 0 Å². The van der Waals surface area contributed by atoms with E-state index < -0.39 is 0 Å². The first-order valence-corrected chi connectivity index (χ1v) is 13.6. The normalized spacial score (nSPS) is 25.4. The fraction of sp³-hybridized carbons (Fsp3) is 0.667. The smallest absolute Gasteiger partial charge is 0.0446 e. The molecule has 4 aliphatic rings. The van der Waals surface area contributed by atoms with Crippen LogP contribution in [0.25, 0.3) is 5.70 Å². The Labute approximate surface area is 197 Å². The number of piperidine rings is 3. The Hall–Kier alpha value is -1.54. The molecule has 2 atom stereocenters. The maximum Gasteiger partial charge on any atom is 0.0446 e. The van der Waals surface area contributed by atoms with Crippen LogP contribution in [0.2, 0.25) is 0 Å². The van der Waals surface area contributed by atoms with Gasteiger partial charge in [0.1, 0.15) is 0 Å². The molecule has 0 amide bonds. The molecule has 2 unspecified atom stereocenters. The predicted octanol–water partition coefficient (Wildman–Crippen LogP) is 7.37. The zero-order chi connectivity index (χ0) is 22.5. The minimum Gasteiger partial charge on any atom is -0.367 e. The molecule has 3 heterocycles. The summed E-state index contributed by atoms with van der Waals surface area (Å²) in [6, 6.07) is 7.66. The van der Waals surface area contributed by atoms with E-state index in [0.29, 0.717) is 6.04 Å². The summed E-state index contributed by atoms with van der Waals surface area (Å²) in [5, 5.41) is 0. The highest BCUT2D eigenvalue weighted by atomic mass is 15.3. The van der Waals surface area contributed by atoms with Crippen LogP contribution in [-0.4, -0.2) is 42.0 Å². The Balaban J connectivity index is 1.57. The van der Waals surface area contributed by atoms with Gasteiger partial charge in [0.25, 0.3) is 0 Å². The Morgan fingerprint density at radius 1 is 1.16 bits per heavy atom. The van der Waals surface area contributed by atoms with Crippen LogP contribution in [0, 0.1) is 25.7 Å². The molecule has 0 aromatic heterocycles. The zero-order valence-electron chi connectivity index (χ0n) is 21.2. The maximum absolute atomic E-state index is 2.92. The van der Waals surface area contributed by atoms with Crippen molar-refractivity contribution in [3.8, 4) is 0 Å². The standard InChI is InChI=1S/C30H46N2/c1-5-7-8-12-25(6-2)13-10-19-32(29-22-31-20-17-26(29)18-21-31)30(27-15-16-27)28-14-9-11-23(3)24(28)4/h8-9,11-12,14,25-26,29H,5-7,10,13,15-22H2,1-4H3. The number of aryl methyl sites for hydroxylation is 1. The molecule has 1 saturated carbocycles. The van der Waals surface area contributed by atoms with Crippen molar-refractivity contribution in [1.29, 1.82) is 0 Å². The molecule has 4 fully saturated rings. The number of nitrogens with zero attached hydrogens (tertiary/aromatic N) is 2. The van der Waals surface area contributed by atoms with Gasteiger partial charge in [0, 0.05) is 30.4 Å². The number of rotatable bonds is 11. The fourth-order valence-corrected chi connectivity index (χ4v) is 6.00. The van der Waals surface area contributed by atoms with E-state index in [0.717, 1.165) is 11.8 Å². The molecule has 1 aliphatic carbocycles. The highest BCUT2D eigenvalue weighted by molar-refractivity contribution is 5.73. The average molecular weight is 435 g/mol. The van der Waals surface area contributed by atoms with Gasteiger partial charge in [0.05, 0.1) is 0 Å². The molecule has 0 N–H and O–H groups in total. The molecule has 1 aromatic carbocycles. The summed E-state index contributed by atoms with van der Waals surface area (Å²) >= 11 is 0. The largest absolute Gasteiger partial charge is 0.367 e. The number of benzene rings is 1. The highest BCUT2D eigenvalue weighted by Gasteiger charge is 2.39. The first-order chi connectivity index (χ1) is 15.6. The van der Waals surface area contributed by atoms with E-state index in [-0.39, 0.29) is 0 Å². The predicted molar refractivity (Wildman–Crippen MR) is 139 cm³/mol. The van der Waals surface area contributed by atoms with Crippen molar-refractivity contribution in [2.45, 2.75) is 91.5 Å². The number of unbranched alkanes of at least 4 members (excludes halogenated alkanes) is 1. The van der Waals surface area contributed by atoms with Gasteiger partial charge in [-0.05, 0) is 107 Å². The van der Waals surface area contributed by atoms with Gasteiger partial charge in [0.2, 0.25) is 0 Å². The van der Waals surface area contributed by atoms with E-state index >= 15 is 0 Å². The molecule has 176 valence electrons. The topological polar surface area (TPSA) is 6.48 Å². The summed E-state index contributed by atoms with van der Waals surface area (Å²) in [5.74, 6) is 1.62. The van der Waals surface area contributed by atoms with Crippen molar-refractivity contribution < 1.29 is 0 Å². The first kappa shape index (κ1) is 23.6. The molecule has 2 heteroatoms. The van der Waals surface area contributed by atoms with Gasteiger partial charge in [-0.3, -0.25) is 0 Å². The fourth-order valence-electron chi connectivity index (χ4n) is 6.00. The van der Waals surface area contributed by atoms with Crippen molar-refractivity contribution in [3.63, 3.8) is 0 Å². The summed E-state index contributed by atoms with van der Waals surface area (Å²) in [4.78, 5) is 5.65. The van der Waals surface area contributed by atoms with Gasteiger partial charge >= 0.3 is 0 Å². The van der Waals surface area contributed by atoms with Gasteiger partial charge in [-0.15, -0.1) is 0 Å². The van der Waals surface area contributed by atoms with E-state index in [9.17, 15) is 0 Å². The van der Waals surface area contributed by atoms with Crippen LogP contribution in [0.1, 0.15) is 88.3 Å². The molecule has 2 nitrogen and oxygen atoms in total. The van der Waals surface area contributed by atoms with Crippen LogP contribution in [0.4, 0.5) is 0 Å². The van der Waals surface area contributed by atoms with E-state index in [1.807, 2.05) is 0 Å². The third-order valence-electron chi connectivity index (χ3n) is 8.37. The van der Waals surface area contributed by atoms with Crippen LogP contribution in [0.5, 0.6) is 0 Å². The molecule has 0 radical (unpaired) electrons. The van der Waals surface area contributed by atoms with E-state index in [1.165, 1.54) is 101 Å². The number of fused-ring (bicyclic) bond motifs is 3. The minimum atomic E-state index is 0.705. The van der Waals surface area contributed by atoms with Gasteiger partial charge < -0.3 is 9.80 Å². The molecule has 32 heavy (non-hydrogen) atoms. The molecular formula is C30H46N2. The summed E-state index contributed by atoms with van der Waals surface area (Å²) in [6.07, 6.45) is 16.7. The first-order valence-electron chi connectivity index (χ1n) is 13.6. The van der Waals surface area contributed by atoms with Crippen LogP contribution < -0.4 is 0 Å². The van der Waals surface area contributed by atoms with E-state index in [1.54, 1.807) is 11.3 Å². The van der Waals surface area contributed by atoms with Gasteiger partial charge in [-0.25, -0.2) is 0 Å². The lowest BCUT2D eigenvalue weighted by Gasteiger charge is -2.50. The summed E-state index contributed by atoms with van der Waals surface area (Å²) in [5.41, 5.74) is 7.78. The molecule has 3 saturated heterocycles. The quantitative estimate of drug-likeness (QED) is 0.335. The van der Waals surface area contributed by atoms with E-state index in [4.69, 9.17) is 0 Å². The zero-order valence-corrected chi connectivity index (χ0v) is 21.2. The van der Waals surface area contributed by atoms with Crippen molar-refractivity contribution in [2.75, 3.05) is 26.2 Å². The van der Waals surface area contributed by atoms with Crippen LogP contribution >= 0.6 is 0 Å². The summed E-state index contributed by atoms with van der Waals surface area (Å²) < 4.78 is 0. The van der Waals surface area contributed by atoms with Crippen molar-refractivity contribution in [2.24, 2.45) is 11.8 Å². The van der Waals surface area contributed by atoms with Gasteiger partial charge in [-0.1, -0.05) is 50.6 Å². The number of allylic oxidation sites excluding steroid dienone is 3. The third-order valence-corrected chi connectivity index (χ3v) is 8.37. The maximum atomic E-state index is 2.92. The van der Waals surface area contributed by atoms with Crippen LogP contribution in [0.3, 0.4) is 0 Å². The summed E-state index contributed by atoms with van der Waals surface area (Å²) in [7, 11) is 0. The van der Waals surface area contributed by atoms with Crippen molar-refractivity contribution in [3.05, 3.63) is 52.6 Å². The van der Waals surface area contributed by atoms with Crippen LogP contribution in [-0.2, 0) is 0 Å². The second-order valence-corrected chi connectivity index (χ2v) is 10.6. The van der Waals surface area contributed by atoms with Gasteiger partial charge in [0.15, 0.2) is 0 Å². The Morgan fingerprint density at radius 3 is 2.56 bits per heavy atom. The lowest BCUT2D eigenvalue weighted by molar-refractivity contribution is 0.0292. The lowest BCUT2D eigenvalue weighted by Crippen LogP contribution is -2.57. The summed E-state index contributed by atoms with van der Waals surface area (Å²) in [6.45, 7) is 14.4. The minimum absolute atomic E-state index is 0.705. The Bertz CT molecular complexity index is 806. The molecular weight excluding hydrogens is 388 g/mol. The van der Waals surface area contributed by atoms with Crippen LogP contribution in [0.15, 0.2) is 35.9 Å². The molecule has 5 rings (SSSR count). The SMILES string of the molecule is CCCC=CC(CC)CCCN(C(=C1CC1)c1cccc(C)c1C)C1CN2CCC1CC2. The molecule has 2 bridgehead atoms.